The van der Waals surface area contributed by atoms with Crippen LogP contribution in [0, 0.1) is 0 Å². The monoisotopic (exact) mass is 220 g/mol. The zero-order valence-electron chi connectivity index (χ0n) is 9.08. The molecule has 0 saturated carbocycles. The number of hydrogen-bond acceptors (Lipinski definition) is 6. The third-order valence-electron chi connectivity index (χ3n) is 2.07. The molecular weight excluding hydrogens is 208 g/mol. The van der Waals surface area contributed by atoms with Gasteiger partial charge in [-0.25, -0.2) is 9.97 Å². The molecule has 0 atom stereocenters. The second kappa shape index (κ2) is 4.56. The molecule has 0 amide bonds. The molecule has 0 aliphatic heterocycles. The first-order chi connectivity index (χ1) is 7.79. The first kappa shape index (κ1) is 10.3. The van der Waals surface area contributed by atoms with Gasteiger partial charge in [0, 0.05) is 7.05 Å². The highest BCUT2D eigenvalue weighted by Gasteiger charge is 2.01. The van der Waals surface area contributed by atoms with Gasteiger partial charge in [0.2, 0.25) is 5.95 Å². The fraction of sp³-hybridized carbons (Fsp3) is 0.333. The second-order valence-electron chi connectivity index (χ2n) is 3.16. The molecule has 7 heteroatoms. The topological polar surface area (TPSA) is 77.8 Å². The third kappa shape index (κ3) is 2.25. The summed E-state index contributed by atoms with van der Waals surface area (Å²) in [5, 5.41) is 10.7. The van der Waals surface area contributed by atoms with Crippen LogP contribution in [-0.2, 0) is 13.6 Å². The van der Waals surface area contributed by atoms with Crippen LogP contribution in [0.2, 0.25) is 0 Å². The van der Waals surface area contributed by atoms with Gasteiger partial charge in [0.05, 0.1) is 26.0 Å². The Bertz CT molecular complexity index is 451. The number of aryl methyl sites for hydroxylation is 1. The van der Waals surface area contributed by atoms with E-state index in [-0.39, 0.29) is 0 Å². The fourth-order valence-corrected chi connectivity index (χ4v) is 1.14. The van der Waals surface area contributed by atoms with Crippen molar-refractivity contribution in [2.24, 2.45) is 7.05 Å². The number of ether oxygens (including phenoxy) is 1. The number of nitrogens with one attached hydrogen (secondary N) is 1. The van der Waals surface area contributed by atoms with Gasteiger partial charge in [0.25, 0.3) is 0 Å². The van der Waals surface area contributed by atoms with Crippen molar-refractivity contribution in [3.63, 3.8) is 0 Å². The number of rotatable bonds is 4. The second-order valence-corrected chi connectivity index (χ2v) is 3.16. The summed E-state index contributed by atoms with van der Waals surface area (Å²) in [6.45, 7) is 0.531. The number of nitrogens with zero attached hydrogens (tertiary/aromatic N) is 5. The van der Waals surface area contributed by atoms with Crippen molar-refractivity contribution in [1.82, 2.24) is 24.7 Å². The standard InChI is InChI=1S/C9H12N6O/c1-15-6-13-14-8(15)5-12-9-10-3-7(16-2)4-11-9/h3-4,6H,5H2,1-2H3,(H,10,11,12). The largest absolute Gasteiger partial charge is 0.494 e. The summed E-state index contributed by atoms with van der Waals surface area (Å²) in [4.78, 5) is 8.15. The fourth-order valence-electron chi connectivity index (χ4n) is 1.14. The Morgan fingerprint density at radius 2 is 2.12 bits per heavy atom. The van der Waals surface area contributed by atoms with Crippen molar-refractivity contribution in [1.29, 1.82) is 0 Å². The molecule has 2 aromatic rings. The Balaban J connectivity index is 1.97. The molecule has 84 valence electrons. The molecule has 1 N–H and O–H groups in total. The molecule has 0 fully saturated rings. The highest BCUT2D eigenvalue weighted by molar-refractivity contribution is 5.27. The van der Waals surface area contributed by atoms with Crippen molar-refractivity contribution in [3.05, 3.63) is 24.5 Å². The Kier molecular flexibility index (Phi) is 2.95. The van der Waals surface area contributed by atoms with Gasteiger partial charge in [-0.1, -0.05) is 0 Å². The minimum Gasteiger partial charge on any atom is -0.494 e. The molecule has 2 rings (SSSR count). The van der Waals surface area contributed by atoms with Crippen LogP contribution in [0.5, 0.6) is 5.75 Å². The van der Waals surface area contributed by atoms with Gasteiger partial charge < -0.3 is 14.6 Å². The predicted molar refractivity (Wildman–Crippen MR) is 56.9 cm³/mol. The van der Waals surface area contributed by atoms with E-state index < -0.39 is 0 Å². The first-order valence-electron chi connectivity index (χ1n) is 4.72. The minimum absolute atomic E-state index is 0.531. The van der Waals surface area contributed by atoms with Gasteiger partial charge >= 0.3 is 0 Å². The van der Waals surface area contributed by atoms with Gasteiger partial charge in [0.15, 0.2) is 11.6 Å². The summed E-state index contributed by atoms with van der Waals surface area (Å²) < 4.78 is 6.79. The maximum absolute atomic E-state index is 4.96. The van der Waals surface area contributed by atoms with Crippen LogP contribution in [0.3, 0.4) is 0 Å². The molecule has 2 aromatic heterocycles. The van der Waals surface area contributed by atoms with Gasteiger partial charge in [-0.05, 0) is 0 Å². The van der Waals surface area contributed by atoms with Crippen LogP contribution in [0.1, 0.15) is 5.82 Å². The Hall–Kier alpha value is -2.18. The zero-order chi connectivity index (χ0) is 11.4. The van der Waals surface area contributed by atoms with E-state index in [0.717, 1.165) is 5.82 Å². The van der Waals surface area contributed by atoms with Gasteiger partial charge in [-0.3, -0.25) is 0 Å². The summed E-state index contributed by atoms with van der Waals surface area (Å²) >= 11 is 0. The summed E-state index contributed by atoms with van der Waals surface area (Å²) in [6, 6.07) is 0. The lowest BCUT2D eigenvalue weighted by molar-refractivity contribution is 0.411. The molecule has 0 spiro atoms. The van der Waals surface area contributed by atoms with E-state index >= 15 is 0 Å². The molecule has 0 bridgehead atoms. The molecule has 0 aliphatic carbocycles. The molecule has 16 heavy (non-hydrogen) atoms. The molecule has 0 unspecified atom stereocenters. The van der Waals surface area contributed by atoms with E-state index in [1.54, 1.807) is 25.8 Å². The maximum Gasteiger partial charge on any atom is 0.223 e. The molecule has 0 aliphatic rings. The number of aromatic nitrogens is 5. The van der Waals surface area contributed by atoms with Gasteiger partial charge in [0.1, 0.15) is 6.33 Å². The quantitative estimate of drug-likeness (QED) is 0.794. The van der Waals surface area contributed by atoms with E-state index in [9.17, 15) is 0 Å². The van der Waals surface area contributed by atoms with Crippen molar-refractivity contribution >= 4 is 5.95 Å². The van der Waals surface area contributed by atoms with E-state index in [4.69, 9.17) is 4.74 Å². The molecule has 0 saturated heterocycles. The molecule has 0 aromatic carbocycles. The summed E-state index contributed by atoms with van der Waals surface area (Å²) in [6.07, 6.45) is 4.85. The van der Waals surface area contributed by atoms with Crippen molar-refractivity contribution in [2.75, 3.05) is 12.4 Å². The smallest absolute Gasteiger partial charge is 0.223 e. The van der Waals surface area contributed by atoms with Crippen molar-refractivity contribution in [2.45, 2.75) is 6.54 Å². The molecule has 2 heterocycles. The summed E-state index contributed by atoms with van der Waals surface area (Å²) in [7, 11) is 3.46. The van der Waals surface area contributed by atoms with Gasteiger partial charge in [-0.15, -0.1) is 10.2 Å². The number of anilines is 1. The van der Waals surface area contributed by atoms with Crippen LogP contribution >= 0.6 is 0 Å². The van der Waals surface area contributed by atoms with E-state index in [0.29, 0.717) is 18.2 Å². The van der Waals surface area contributed by atoms with E-state index in [1.807, 2.05) is 11.6 Å². The zero-order valence-corrected chi connectivity index (χ0v) is 9.08. The predicted octanol–water partition coefficient (Wildman–Crippen LogP) is 0.226. The lowest BCUT2D eigenvalue weighted by atomic mass is 10.5. The summed E-state index contributed by atoms with van der Waals surface area (Å²) in [5.41, 5.74) is 0. The van der Waals surface area contributed by atoms with E-state index in [1.165, 1.54) is 0 Å². The molecular formula is C9H12N6O. The highest BCUT2D eigenvalue weighted by Crippen LogP contribution is 2.07. The first-order valence-corrected chi connectivity index (χ1v) is 4.72. The lowest BCUT2D eigenvalue weighted by Gasteiger charge is -2.04. The highest BCUT2D eigenvalue weighted by atomic mass is 16.5. The normalized spacial score (nSPS) is 10.1. The Morgan fingerprint density at radius 1 is 1.38 bits per heavy atom. The minimum atomic E-state index is 0.531. The third-order valence-corrected chi connectivity index (χ3v) is 2.07. The van der Waals surface area contributed by atoms with E-state index in [2.05, 4.69) is 25.5 Å². The summed E-state index contributed by atoms with van der Waals surface area (Å²) in [5.74, 6) is 1.98. The molecule has 0 radical (unpaired) electrons. The SMILES string of the molecule is COc1cnc(NCc2nncn2C)nc1. The van der Waals surface area contributed by atoms with Crippen LogP contribution < -0.4 is 10.1 Å². The van der Waals surface area contributed by atoms with Crippen molar-refractivity contribution in [3.8, 4) is 5.75 Å². The van der Waals surface area contributed by atoms with Crippen molar-refractivity contribution < 1.29 is 4.74 Å². The Morgan fingerprint density at radius 3 is 2.69 bits per heavy atom. The lowest BCUT2D eigenvalue weighted by Crippen LogP contribution is -2.07. The van der Waals surface area contributed by atoms with Crippen LogP contribution in [-0.4, -0.2) is 31.8 Å². The number of methoxy groups -OCH3 is 1. The van der Waals surface area contributed by atoms with Crippen LogP contribution in [0.15, 0.2) is 18.7 Å². The average Bonchev–Trinajstić information content (AvgIpc) is 2.73. The van der Waals surface area contributed by atoms with Crippen LogP contribution in [0.25, 0.3) is 0 Å². The molecule has 7 nitrogen and oxygen atoms in total. The average molecular weight is 220 g/mol. The Labute approximate surface area is 92.5 Å². The maximum atomic E-state index is 4.96. The number of hydrogen-bond donors (Lipinski definition) is 1. The van der Waals surface area contributed by atoms with Gasteiger partial charge in [-0.2, -0.15) is 0 Å². The van der Waals surface area contributed by atoms with Crippen LogP contribution in [0.4, 0.5) is 5.95 Å².